The number of rotatable bonds is 5. The van der Waals surface area contributed by atoms with Gasteiger partial charge in [-0.05, 0) is 42.5 Å². The molecular formula is C19H20FN5S. The van der Waals surface area contributed by atoms with Crippen molar-refractivity contribution in [1.82, 2.24) is 19.9 Å². The molecule has 0 radical (unpaired) electrons. The third kappa shape index (κ3) is 3.73. The largest absolute Gasteiger partial charge is 0.353 e. The molecule has 3 heterocycles. The molecule has 2 aromatic heterocycles. The Bertz CT molecular complexity index is 897. The van der Waals surface area contributed by atoms with E-state index in [9.17, 15) is 4.39 Å². The van der Waals surface area contributed by atoms with Crippen LogP contribution in [0, 0.1) is 5.82 Å². The van der Waals surface area contributed by atoms with E-state index in [-0.39, 0.29) is 5.82 Å². The molecule has 0 bridgehead atoms. The summed E-state index contributed by atoms with van der Waals surface area (Å²) in [5, 5.41) is 5.47. The topological polar surface area (TPSA) is 53.9 Å². The maximum absolute atomic E-state index is 13.4. The van der Waals surface area contributed by atoms with Crippen LogP contribution < -0.4 is 5.32 Å². The van der Waals surface area contributed by atoms with E-state index in [0.717, 1.165) is 26.1 Å². The van der Waals surface area contributed by atoms with Gasteiger partial charge in [-0.2, -0.15) is 4.98 Å². The minimum atomic E-state index is -0.302. The zero-order valence-corrected chi connectivity index (χ0v) is 15.3. The number of halogens is 1. The second kappa shape index (κ2) is 7.47. The number of benzene rings is 1. The van der Waals surface area contributed by atoms with Crippen LogP contribution in [-0.2, 0) is 13.0 Å². The lowest BCUT2D eigenvalue weighted by Crippen LogP contribution is -2.41. The maximum atomic E-state index is 13.4. The summed E-state index contributed by atoms with van der Waals surface area (Å²) in [6.07, 6.45) is 2.57. The van der Waals surface area contributed by atoms with E-state index in [0.29, 0.717) is 23.4 Å². The SMILES string of the molecule is CC(CNc1ncnc(-c2cccc(F)c2)n1)N1CCc2sccc2C1. The van der Waals surface area contributed by atoms with E-state index in [1.807, 2.05) is 11.3 Å². The first kappa shape index (κ1) is 17.1. The molecule has 7 heteroatoms. The van der Waals surface area contributed by atoms with Gasteiger partial charge in [-0.3, -0.25) is 4.90 Å². The Morgan fingerprint density at radius 1 is 1.31 bits per heavy atom. The average Bonchev–Trinajstić information content (AvgIpc) is 3.14. The third-order valence-corrected chi connectivity index (χ3v) is 5.69. The molecule has 1 atom stereocenters. The van der Waals surface area contributed by atoms with Gasteiger partial charge in [-0.1, -0.05) is 12.1 Å². The maximum Gasteiger partial charge on any atom is 0.226 e. The van der Waals surface area contributed by atoms with Gasteiger partial charge in [-0.15, -0.1) is 11.3 Å². The Morgan fingerprint density at radius 3 is 3.12 bits per heavy atom. The third-order valence-electron chi connectivity index (χ3n) is 4.67. The van der Waals surface area contributed by atoms with Gasteiger partial charge in [0.25, 0.3) is 0 Å². The molecule has 4 rings (SSSR count). The van der Waals surface area contributed by atoms with Crippen LogP contribution in [0.4, 0.5) is 10.3 Å². The zero-order chi connectivity index (χ0) is 17.9. The molecule has 1 aromatic carbocycles. The van der Waals surface area contributed by atoms with Crippen LogP contribution in [0.15, 0.2) is 42.0 Å². The van der Waals surface area contributed by atoms with Crippen molar-refractivity contribution >= 4 is 17.3 Å². The van der Waals surface area contributed by atoms with E-state index < -0.39 is 0 Å². The van der Waals surface area contributed by atoms with Crippen molar-refractivity contribution in [3.8, 4) is 11.4 Å². The summed E-state index contributed by atoms with van der Waals surface area (Å²) in [6.45, 7) is 5.01. The number of nitrogens with one attached hydrogen (secondary N) is 1. The van der Waals surface area contributed by atoms with Gasteiger partial charge in [0.1, 0.15) is 12.1 Å². The lowest BCUT2D eigenvalue weighted by atomic mass is 10.1. The molecule has 1 aliphatic heterocycles. The van der Waals surface area contributed by atoms with Gasteiger partial charge >= 0.3 is 0 Å². The van der Waals surface area contributed by atoms with Gasteiger partial charge in [0, 0.05) is 36.1 Å². The minimum Gasteiger partial charge on any atom is -0.353 e. The highest BCUT2D eigenvalue weighted by atomic mass is 32.1. The lowest BCUT2D eigenvalue weighted by Gasteiger charge is -2.32. The Balaban J connectivity index is 1.40. The van der Waals surface area contributed by atoms with Crippen LogP contribution in [-0.4, -0.2) is 39.0 Å². The first-order valence-electron chi connectivity index (χ1n) is 8.67. The van der Waals surface area contributed by atoms with Crippen molar-refractivity contribution in [2.45, 2.75) is 25.9 Å². The minimum absolute atomic E-state index is 0.302. The van der Waals surface area contributed by atoms with Crippen LogP contribution in [0.2, 0.25) is 0 Å². The normalized spacial score (nSPS) is 15.5. The van der Waals surface area contributed by atoms with Crippen molar-refractivity contribution < 1.29 is 4.39 Å². The van der Waals surface area contributed by atoms with E-state index in [2.05, 4.69) is 43.5 Å². The van der Waals surface area contributed by atoms with Crippen LogP contribution in [0.1, 0.15) is 17.4 Å². The lowest BCUT2D eigenvalue weighted by molar-refractivity contribution is 0.200. The molecule has 1 aliphatic rings. The van der Waals surface area contributed by atoms with Crippen molar-refractivity contribution in [3.63, 3.8) is 0 Å². The number of nitrogens with zero attached hydrogens (tertiary/aromatic N) is 4. The fourth-order valence-electron chi connectivity index (χ4n) is 3.16. The summed E-state index contributed by atoms with van der Waals surface area (Å²) >= 11 is 1.85. The quantitative estimate of drug-likeness (QED) is 0.745. The molecule has 26 heavy (non-hydrogen) atoms. The summed E-state index contributed by atoms with van der Waals surface area (Å²) in [5.74, 6) is 0.679. The van der Waals surface area contributed by atoms with Gasteiger partial charge < -0.3 is 5.32 Å². The summed E-state index contributed by atoms with van der Waals surface area (Å²) in [7, 11) is 0. The predicted octanol–water partition coefficient (Wildman–Crippen LogP) is 3.60. The molecule has 0 saturated heterocycles. The van der Waals surface area contributed by atoms with Crippen LogP contribution in [0.3, 0.4) is 0 Å². The standard InChI is InChI=1S/C19H20FN5S/c1-13(25-7-5-17-15(11-25)6-8-26-17)10-21-19-23-12-22-18(24-19)14-3-2-4-16(20)9-14/h2-4,6,8-9,12-13H,5,7,10-11H2,1H3,(H,21,22,23,24). The molecule has 1 N–H and O–H groups in total. The molecule has 5 nitrogen and oxygen atoms in total. The van der Waals surface area contributed by atoms with Gasteiger partial charge in [0.2, 0.25) is 5.95 Å². The predicted molar refractivity (Wildman–Crippen MR) is 102 cm³/mol. The second-order valence-corrected chi connectivity index (χ2v) is 7.46. The van der Waals surface area contributed by atoms with Gasteiger partial charge in [-0.25, -0.2) is 14.4 Å². The molecule has 0 fully saturated rings. The number of fused-ring (bicyclic) bond motifs is 1. The highest BCUT2D eigenvalue weighted by molar-refractivity contribution is 7.10. The van der Waals surface area contributed by atoms with Crippen molar-refractivity contribution in [1.29, 1.82) is 0 Å². The van der Waals surface area contributed by atoms with E-state index in [4.69, 9.17) is 0 Å². The Labute approximate surface area is 156 Å². The van der Waals surface area contributed by atoms with Crippen LogP contribution >= 0.6 is 11.3 Å². The molecule has 3 aromatic rings. The number of thiophene rings is 1. The second-order valence-electron chi connectivity index (χ2n) is 6.46. The monoisotopic (exact) mass is 369 g/mol. The fraction of sp³-hybridized carbons (Fsp3) is 0.316. The molecule has 0 saturated carbocycles. The summed E-state index contributed by atoms with van der Waals surface area (Å²) < 4.78 is 13.4. The molecule has 0 amide bonds. The van der Waals surface area contributed by atoms with Crippen LogP contribution in [0.5, 0.6) is 0 Å². The molecule has 134 valence electrons. The highest BCUT2D eigenvalue weighted by Crippen LogP contribution is 2.25. The fourth-order valence-corrected chi connectivity index (χ4v) is 4.05. The summed E-state index contributed by atoms with van der Waals surface area (Å²) in [4.78, 5) is 16.7. The average molecular weight is 369 g/mol. The smallest absolute Gasteiger partial charge is 0.226 e. The Morgan fingerprint density at radius 2 is 2.23 bits per heavy atom. The van der Waals surface area contributed by atoms with Crippen molar-refractivity contribution in [2.24, 2.45) is 0 Å². The molecule has 0 spiro atoms. The summed E-state index contributed by atoms with van der Waals surface area (Å²) in [5.41, 5.74) is 2.09. The highest BCUT2D eigenvalue weighted by Gasteiger charge is 2.21. The first-order valence-corrected chi connectivity index (χ1v) is 9.55. The van der Waals surface area contributed by atoms with E-state index in [1.165, 1.54) is 28.9 Å². The number of anilines is 1. The van der Waals surface area contributed by atoms with Gasteiger partial charge in [0.15, 0.2) is 5.82 Å². The van der Waals surface area contributed by atoms with Crippen LogP contribution in [0.25, 0.3) is 11.4 Å². The zero-order valence-electron chi connectivity index (χ0n) is 14.5. The summed E-state index contributed by atoms with van der Waals surface area (Å²) in [6, 6.07) is 8.85. The van der Waals surface area contributed by atoms with Crippen molar-refractivity contribution in [3.05, 3.63) is 58.3 Å². The van der Waals surface area contributed by atoms with E-state index in [1.54, 1.807) is 12.1 Å². The molecule has 1 unspecified atom stereocenters. The Hall–Kier alpha value is -2.38. The number of hydrogen-bond donors (Lipinski definition) is 1. The Kier molecular flexibility index (Phi) is 4.90. The first-order chi connectivity index (χ1) is 12.7. The number of aromatic nitrogens is 3. The molecular weight excluding hydrogens is 349 g/mol. The van der Waals surface area contributed by atoms with Crippen molar-refractivity contribution in [2.75, 3.05) is 18.4 Å². The number of hydrogen-bond acceptors (Lipinski definition) is 6. The van der Waals surface area contributed by atoms with Gasteiger partial charge in [0.05, 0.1) is 0 Å². The van der Waals surface area contributed by atoms with E-state index >= 15 is 0 Å². The molecule has 0 aliphatic carbocycles.